The number of carbonyl (C=O) groups is 2. The minimum atomic E-state index is -0.00311. The van der Waals surface area contributed by atoms with E-state index in [1.54, 1.807) is 16.2 Å². The molecule has 0 aliphatic carbocycles. The first-order valence-corrected chi connectivity index (χ1v) is 8.71. The molecule has 0 saturated carbocycles. The average molecular weight is 333 g/mol. The molecule has 6 heteroatoms. The quantitative estimate of drug-likeness (QED) is 0.756. The highest BCUT2D eigenvalue weighted by Gasteiger charge is 2.11. The van der Waals surface area contributed by atoms with E-state index in [9.17, 15) is 9.59 Å². The van der Waals surface area contributed by atoms with Gasteiger partial charge in [-0.3, -0.25) is 9.59 Å². The van der Waals surface area contributed by atoms with Crippen molar-refractivity contribution >= 4 is 33.4 Å². The summed E-state index contributed by atoms with van der Waals surface area (Å²) in [6.45, 7) is 2.76. The largest absolute Gasteiger partial charge is 0.356 e. The van der Waals surface area contributed by atoms with Crippen LogP contribution in [0.25, 0.3) is 10.2 Å². The first kappa shape index (κ1) is 17.4. The molecule has 2 amide bonds. The Morgan fingerprint density at radius 2 is 2.00 bits per heavy atom. The Bertz CT molecular complexity index is 636. The van der Waals surface area contributed by atoms with Gasteiger partial charge in [-0.2, -0.15) is 0 Å². The van der Waals surface area contributed by atoms with Gasteiger partial charge in [-0.1, -0.05) is 18.6 Å². The summed E-state index contributed by atoms with van der Waals surface area (Å²) in [5.74, 6) is 0.139. The Balaban J connectivity index is 1.71. The van der Waals surface area contributed by atoms with Crippen LogP contribution in [0.3, 0.4) is 0 Å². The Kier molecular flexibility index (Phi) is 6.52. The van der Waals surface area contributed by atoms with E-state index in [1.165, 1.54) is 6.92 Å². The van der Waals surface area contributed by atoms with Gasteiger partial charge in [0.2, 0.25) is 11.8 Å². The normalized spacial score (nSPS) is 10.7. The van der Waals surface area contributed by atoms with Crippen molar-refractivity contribution < 1.29 is 9.59 Å². The van der Waals surface area contributed by atoms with Crippen LogP contribution in [-0.4, -0.2) is 35.3 Å². The van der Waals surface area contributed by atoms with Crippen LogP contribution in [-0.2, 0) is 16.1 Å². The predicted octanol–water partition coefficient (Wildman–Crippen LogP) is 2.95. The number of nitrogens with zero attached hydrogens (tertiary/aromatic N) is 2. The number of para-hydroxylation sites is 1. The second-order valence-corrected chi connectivity index (χ2v) is 6.73. The molecule has 1 aromatic carbocycles. The van der Waals surface area contributed by atoms with E-state index >= 15 is 0 Å². The first-order valence-electron chi connectivity index (χ1n) is 7.89. The van der Waals surface area contributed by atoms with Crippen LogP contribution in [0.1, 0.15) is 37.6 Å². The summed E-state index contributed by atoms with van der Waals surface area (Å²) in [7, 11) is 1.83. The fraction of sp³-hybridized carbons (Fsp3) is 0.471. The van der Waals surface area contributed by atoms with E-state index in [0.29, 0.717) is 19.5 Å². The van der Waals surface area contributed by atoms with E-state index in [0.717, 1.165) is 34.5 Å². The number of nitrogens with one attached hydrogen (secondary N) is 1. The predicted molar refractivity (Wildman–Crippen MR) is 93.2 cm³/mol. The molecule has 0 bridgehead atoms. The van der Waals surface area contributed by atoms with Crippen LogP contribution in [0.2, 0.25) is 0 Å². The standard InChI is InChI=1S/C17H23N3O2S/c1-13(21)18-11-7-3-4-10-17(22)20(2)12-16-19-14-8-5-6-9-15(14)23-16/h5-6,8-9H,3-4,7,10-12H2,1-2H3,(H,18,21). The van der Waals surface area contributed by atoms with Gasteiger partial charge in [0.15, 0.2) is 0 Å². The summed E-state index contributed by atoms with van der Waals surface area (Å²) >= 11 is 1.64. The highest BCUT2D eigenvalue weighted by molar-refractivity contribution is 7.18. The monoisotopic (exact) mass is 333 g/mol. The summed E-state index contributed by atoms with van der Waals surface area (Å²) in [5.41, 5.74) is 0.992. The van der Waals surface area contributed by atoms with Gasteiger partial charge in [0, 0.05) is 26.9 Å². The second kappa shape index (κ2) is 8.62. The van der Waals surface area contributed by atoms with Gasteiger partial charge >= 0.3 is 0 Å². The maximum absolute atomic E-state index is 12.1. The van der Waals surface area contributed by atoms with Crippen molar-refractivity contribution in [1.82, 2.24) is 15.2 Å². The Labute approximate surface area is 140 Å². The molecule has 5 nitrogen and oxygen atoms in total. The molecule has 1 heterocycles. The molecule has 0 aliphatic heterocycles. The van der Waals surface area contributed by atoms with Crippen molar-refractivity contribution in [3.8, 4) is 0 Å². The van der Waals surface area contributed by atoms with Gasteiger partial charge < -0.3 is 10.2 Å². The van der Waals surface area contributed by atoms with E-state index < -0.39 is 0 Å². The number of carbonyl (C=O) groups excluding carboxylic acids is 2. The molecule has 0 fully saturated rings. The zero-order valence-corrected chi connectivity index (χ0v) is 14.5. The van der Waals surface area contributed by atoms with Crippen molar-refractivity contribution in [3.63, 3.8) is 0 Å². The Morgan fingerprint density at radius 3 is 2.74 bits per heavy atom. The summed E-state index contributed by atoms with van der Waals surface area (Å²) in [4.78, 5) is 29.2. The molecule has 124 valence electrons. The SMILES string of the molecule is CC(=O)NCCCCCC(=O)N(C)Cc1nc2ccccc2s1. The third kappa shape index (κ3) is 5.63. The number of hydrogen-bond donors (Lipinski definition) is 1. The van der Waals surface area contributed by atoms with Crippen molar-refractivity contribution in [3.05, 3.63) is 29.3 Å². The lowest BCUT2D eigenvalue weighted by Crippen LogP contribution is -2.26. The molecule has 0 aliphatic rings. The lowest BCUT2D eigenvalue weighted by Gasteiger charge is -2.15. The molecule has 2 aromatic rings. The second-order valence-electron chi connectivity index (χ2n) is 5.62. The van der Waals surface area contributed by atoms with Crippen molar-refractivity contribution in [2.75, 3.05) is 13.6 Å². The highest BCUT2D eigenvalue weighted by Crippen LogP contribution is 2.22. The molecule has 23 heavy (non-hydrogen) atoms. The lowest BCUT2D eigenvalue weighted by molar-refractivity contribution is -0.130. The number of aromatic nitrogens is 1. The minimum absolute atomic E-state index is 0.00311. The molecule has 0 saturated heterocycles. The van der Waals surface area contributed by atoms with Gasteiger partial charge in [-0.15, -0.1) is 11.3 Å². The molecule has 1 N–H and O–H groups in total. The van der Waals surface area contributed by atoms with Crippen LogP contribution in [0, 0.1) is 0 Å². The average Bonchev–Trinajstić information content (AvgIpc) is 2.92. The first-order chi connectivity index (χ1) is 11.1. The summed E-state index contributed by atoms with van der Waals surface area (Å²) in [5, 5.41) is 3.73. The fourth-order valence-electron chi connectivity index (χ4n) is 2.31. The van der Waals surface area contributed by atoms with Gasteiger partial charge in [0.05, 0.1) is 16.8 Å². The maximum Gasteiger partial charge on any atom is 0.222 e. The minimum Gasteiger partial charge on any atom is -0.356 e. The zero-order chi connectivity index (χ0) is 16.7. The summed E-state index contributed by atoms with van der Waals surface area (Å²) < 4.78 is 1.15. The summed E-state index contributed by atoms with van der Waals surface area (Å²) in [6, 6.07) is 8.02. The molecular weight excluding hydrogens is 310 g/mol. The van der Waals surface area contributed by atoms with Crippen molar-refractivity contribution in [1.29, 1.82) is 0 Å². The number of thiazole rings is 1. The smallest absolute Gasteiger partial charge is 0.222 e. The van der Waals surface area contributed by atoms with Crippen LogP contribution in [0.4, 0.5) is 0 Å². The highest BCUT2D eigenvalue weighted by atomic mass is 32.1. The van der Waals surface area contributed by atoms with Crippen LogP contribution in [0.15, 0.2) is 24.3 Å². The van der Waals surface area contributed by atoms with Crippen molar-refractivity contribution in [2.45, 2.75) is 39.2 Å². The van der Waals surface area contributed by atoms with Gasteiger partial charge in [0.1, 0.15) is 5.01 Å². The Hall–Kier alpha value is -1.95. The van der Waals surface area contributed by atoms with Crippen molar-refractivity contribution in [2.24, 2.45) is 0 Å². The van der Waals surface area contributed by atoms with Crippen LogP contribution < -0.4 is 5.32 Å². The Morgan fingerprint density at radius 1 is 1.22 bits per heavy atom. The van der Waals surface area contributed by atoms with E-state index in [-0.39, 0.29) is 11.8 Å². The molecule has 0 atom stereocenters. The van der Waals surface area contributed by atoms with E-state index in [1.807, 2.05) is 31.3 Å². The molecule has 0 unspecified atom stereocenters. The summed E-state index contributed by atoms with van der Waals surface area (Å²) in [6.07, 6.45) is 3.25. The zero-order valence-electron chi connectivity index (χ0n) is 13.7. The fourth-order valence-corrected chi connectivity index (χ4v) is 3.33. The van der Waals surface area contributed by atoms with Gasteiger partial charge in [-0.25, -0.2) is 4.98 Å². The number of fused-ring (bicyclic) bond motifs is 1. The topological polar surface area (TPSA) is 62.3 Å². The maximum atomic E-state index is 12.1. The number of benzene rings is 1. The molecular formula is C17H23N3O2S. The van der Waals surface area contributed by atoms with E-state index in [4.69, 9.17) is 0 Å². The van der Waals surface area contributed by atoms with Crippen LogP contribution >= 0.6 is 11.3 Å². The van der Waals surface area contributed by atoms with E-state index in [2.05, 4.69) is 10.3 Å². The third-order valence-electron chi connectivity index (χ3n) is 3.58. The number of unbranched alkanes of at least 4 members (excludes halogenated alkanes) is 2. The van der Waals surface area contributed by atoms with Crippen LogP contribution in [0.5, 0.6) is 0 Å². The third-order valence-corrected chi connectivity index (χ3v) is 4.60. The number of hydrogen-bond acceptors (Lipinski definition) is 4. The van der Waals surface area contributed by atoms with Gasteiger partial charge in [-0.05, 0) is 25.0 Å². The molecule has 0 radical (unpaired) electrons. The molecule has 2 rings (SSSR count). The molecule has 1 aromatic heterocycles. The lowest BCUT2D eigenvalue weighted by atomic mass is 10.2. The number of amides is 2. The van der Waals surface area contributed by atoms with Gasteiger partial charge in [0.25, 0.3) is 0 Å². The molecule has 0 spiro atoms. The number of rotatable bonds is 8.